The third kappa shape index (κ3) is 4.97. The van der Waals surface area contributed by atoms with Crippen LogP contribution in [0.3, 0.4) is 0 Å². The van der Waals surface area contributed by atoms with Crippen LogP contribution < -0.4 is 4.90 Å². The van der Waals surface area contributed by atoms with Gasteiger partial charge >= 0.3 is 0 Å². The average molecular weight is 438 g/mol. The van der Waals surface area contributed by atoms with Gasteiger partial charge in [-0.25, -0.2) is 4.98 Å². The Morgan fingerprint density at radius 1 is 1.06 bits per heavy atom. The van der Waals surface area contributed by atoms with Crippen LogP contribution in [0.2, 0.25) is 0 Å². The predicted molar refractivity (Wildman–Crippen MR) is 129 cm³/mol. The molecule has 0 saturated carbocycles. The number of amides is 1. The van der Waals surface area contributed by atoms with Crippen LogP contribution in [-0.4, -0.2) is 55.2 Å². The molecule has 3 aromatic rings. The maximum absolute atomic E-state index is 13.6. The van der Waals surface area contributed by atoms with Crippen LogP contribution in [0.5, 0.6) is 0 Å². The van der Waals surface area contributed by atoms with Crippen molar-refractivity contribution < 1.29 is 9.53 Å². The van der Waals surface area contributed by atoms with Crippen molar-refractivity contribution in [3.8, 4) is 0 Å². The first-order valence-electron chi connectivity index (χ1n) is 11.0. The Bertz CT molecular complexity index is 1090. The molecular weight excluding hydrogens is 406 g/mol. The molecule has 0 unspecified atom stereocenters. The van der Waals surface area contributed by atoms with Gasteiger partial charge in [0.25, 0.3) is 5.91 Å². The molecule has 4 rings (SSSR count). The minimum Gasteiger partial charge on any atom is -0.379 e. The van der Waals surface area contributed by atoms with Gasteiger partial charge in [-0.05, 0) is 74.6 Å². The highest BCUT2D eigenvalue weighted by Crippen LogP contribution is 2.33. The van der Waals surface area contributed by atoms with E-state index in [0.717, 1.165) is 65.7 Å². The number of aryl methyl sites for hydroxylation is 4. The lowest BCUT2D eigenvalue weighted by Crippen LogP contribution is -2.39. The van der Waals surface area contributed by atoms with Crippen molar-refractivity contribution in [3.63, 3.8) is 0 Å². The molecule has 0 bridgehead atoms. The van der Waals surface area contributed by atoms with Crippen LogP contribution in [0, 0.1) is 27.7 Å². The monoisotopic (exact) mass is 437 g/mol. The number of carbonyl (C=O) groups is 1. The van der Waals surface area contributed by atoms with E-state index in [0.29, 0.717) is 6.54 Å². The number of fused-ring (bicyclic) bond motifs is 1. The molecule has 6 heteroatoms. The summed E-state index contributed by atoms with van der Waals surface area (Å²) in [6.45, 7) is 13.5. The zero-order chi connectivity index (χ0) is 22.0. The van der Waals surface area contributed by atoms with Gasteiger partial charge in [0, 0.05) is 31.7 Å². The van der Waals surface area contributed by atoms with Crippen LogP contribution in [0.1, 0.15) is 39.0 Å². The predicted octanol–water partition coefficient (Wildman–Crippen LogP) is 4.90. The summed E-state index contributed by atoms with van der Waals surface area (Å²) < 4.78 is 6.61. The molecule has 1 aliphatic heterocycles. The zero-order valence-corrected chi connectivity index (χ0v) is 19.7. The first kappa shape index (κ1) is 21.9. The highest BCUT2D eigenvalue weighted by molar-refractivity contribution is 7.22. The molecule has 31 heavy (non-hydrogen) atoms. The minimum atomic E-state index is 0.0264. The SMILES string of the molecule is Cc1cc(C)c2sc(N(CCCN3CCOCC3)C(=O)c3ccc(C)c(C)c3)nc2c1. The van der Waals surface area contributed by atoms with Gasteiger partial charge in [-0.15, -0.1) is 0 Å². The second kappa shape index (κ2) is 9.47. The van der Waals surface area contributed by atoms with Crippen molar-refractivity contribution in [2.45, 2.75) is 34.1 Å². The van der Waals surface area contributed by atoms with Gasteiger partial charge in [0.15, 0.2) is 5.13 Å². The van der Waals surface area contributed by atoms with E-state index in [1.54, 1.807) is 11.3 Å². The normalized spacial score (nSPS) is 14.8. The fourth-order valence-corrected chi connectivity index (χ4v) is 5.11. The number of benzene rings is 2. The fraction of sp³-hybridized carbons (Fsp3) is 0.440. The van der Waals surface area contributed by atoms with Gasteiger partial charge in [0.1, 0.15) is 0 Å². The Hall–Kier alpha value is -2.28. The van der Waals surface area contributed by atoms with Gasteiger partial charge in [0.2, 0.25) is 0 Å². The van der Waals surface area contributed by atoms with E-state index in [-0.39, 0.29) is 5.91 Å². The van der Waals surface area contributed by atoms with E-state index in [1.165, 1.54) is 16.7 Å². The van der Waals surface area contributed by atoms with Crippen LogP contribution >= 0.6 is 11.3 Å². The number of rotatable bonds is 6. The molecule has 0 spiro atoms. The second-order valence-electron chi connectivity index (χ2n) is 8.49. The molecule has 2 heterocycles. The average Bonchev–Trinajstić information content (AvgIpc) is 3.17. The quantitative estimate of drug-likeness (QED) is 0.550. The number of nitrogens with zero attached hydrogens (tertiary/aromatic N) is 3. The van der Waals surface area contributed by atoms with Crippen molar-refractivity contribution in [1.82, 2.24) is 9.88 Å². The lowest BCUT2D eigenvalue weighted by Gasteiger charge is -2.27. The number of ether oxygens (including phenoxy) is 1. The molecule has 1 fully saturated rings. The molecule has 0 atom stereocenters. The second-order valence-corrected chi connectivity index (χ2v) is 9.47. The highest BCUT2D eigenvalue weighted by Gasteiger charge is 2.22. The molecule has 1 aromatic heterocycles. The van der Waals surface area contributed by atoms with Gasteiger partial charge in [-0.1, -0.05) is 23.5 Å². The summed E-state index contributed by atoms with van der Waals surface area (Å²) in [7, 11) is 0. The van der Waals surface area contributed by atoms with Gasteiger partial charge in [0.05, 0.1) is 23.4 Å². The summed E-state index contributed by atoms with van der Waals surface area (Å²) in [4.78, 5) is 22.7. The number of hydrogen-bond acceptors (Lipinski definition) is 5. The van der Waals surface area contributed by atoms with E-state index < -0.39 is 0 Å². The number of hydrogen-bond donors (Lipinski definition) is 0. The molecule has 0 radical (unpaired) electrons. The van der Waals surface area contributed by atoms with E-state index in [4.69, 9.17) is 9.72 Å². The summed E-state index contributed by atoms with van der Waals surface area (Å²) in [5.74, 6) is 0.0264. The third-order valence-electron chi connectivity index (χ3n) is 6.00. The fourth-order valence-electron chi connectivity index (χ4n) is 4.07. The standard InChI is InChI=1S/C25H31N3O2S/c1-17-14-20(4)23-22(15-17)26-25(31-23)28(9-5-8-27-10-12-30-13-11-27)24(29)21-7-6-18(2)19(3)16-21/h6-7,14-16H,5,8-13H2,1-4H3. The maximum atomic E-state index is 13.6. The Morgan fingerprint density at radius 2 is 1.84 bits per heavy atom. The number of carbonyl (C=O) groups excluding carboxylic acids is 1. The first-order chi connectivity index (χ1) is 14.9. The first-order valence-corrected chi connectivity index (χ1v) is 11.8. The molecule has 0 aliphatic carbocycles. The summed E-state index contributed by atoms with van der Waals surface area (Å²) >= 11 is 1.62. The van der Waals surface area contributed by atoms with Crippen LogP contribution in [0.15, 0.2) is 30.3 Å². The smallest absolute Gasteiger partial charge is 0.260 e. The molecule has 2 aromatic carbocycles. The van der Waals surface area contributed by atoms with E-state index in [2.05, 4.69) is 44.7 Å². The Balaban J connectivity index is 1.62. The summed E-state index contributed by atoms with van der Waals surface area (Å²) in [5, 5.41) is 0.786. The number of thiazole rings is 1. The number of aromatic nitrogens is 1. The van der Waals surface area contributed by atoms with Crippen LogP contribution in [0.25, 0.3) is 10.2 Å². The highest BCUT2D eigenvalue weighted by atomic mass is 32.1. The number of morpholine rings is 1. The van der Waals surface area contributed by atoms with Crippen molar-refractivity contribution in [2.75, 3.05) is 44.3 Å². The number of anilines is 1. The topological polar surface area (TPSA) is 45.7 Å². The molecule has 1 aliphatic rings. The van der Waals surface area contributed by atoms with Gasteiger partial charge < -0.3 is 4.74 Å². The Labute approximate surface area is 188 Å². The molecule has 164 valence electrons. The third-order valence-corrected chi connectivity index (χ3v) is 7.23. The molecule has 5 nitrogen and oxygen atoms in total. The summed E-state index contributed by atoms with van der Waals surface area (Å²) in [6, 6.07) is 10.2. The molecule has 0 N–H and O–H groups in total. The van der Waals surface area contributed by atoms with Gasteiger partial charge in [-0.3, -0.25) is 14.6 Å². The lowest BCUT2D eigenvalue weighted by molar-refractivity contribution is 0.0376. The van der Waals surface area contributed by atoms with Crippen LogP contribution in [-0.2, 0) is 4.74 Å². The lowest BCUT2D eigenvalue weighted by atomic mass is 10.1. The summed E-state index contributed by atoms with van der Waals surface area (Å²) in [6.07, 6.45) is 0.907. The van der Waals surface area contributed by atoms with Crippen LogP contribution in [0.4, 0.5) is 5.13 Å². The largest absolute Gasteiger partial charge is 0.379 e. The Morgan fingerprint density at radius 3 is 2.58 bits per heavy atom. The van der Waals surface area contributed by atoms with Crippen molar-refractivity contribution >= 4 is 32.6 Å². The molecule has 1 saturated heterocycles. The van der Waals surface area contributed by atoms with Crippen molar-refractivity contribution in [3.05, 3.63) is 58.1 Å². The van der Waals surface area contributed by atoms with Crippen molar-refractivity contribution in [1.29, 1.82) is 0 Å². The Kier molecular flexibility index (Phi) is 6.70. The molecular formula is C25H31N3O2S. The van der Waals surface area contributed by atoms with Gasteiger partial charge in [-0.2, -0.15) is 0 Å². The maximum Gasteiger partial charge on any atom is 0.260 e. The van der Waals surface area contributed by atoms with E-state index >= 15 is 0 Å². The zero-order valence-electron chi connectivity index (χ0n) is 18.9. The minimum absolute atomic E-state index is 0.0264. The van der Waals surface area contributed by atoms with E-state index in [9.17, 15) is 4.79 Å². The van der Waals surface area contributed by atoms with Crippen molar-refractivity contribution in [2.24, 2.45) is 0 Å². The molecule has 1 amide bonds. The van der Waals surface area contributed by atoms with E-state index in [1.807, 2.05) is 23.1 Å². The summed E-state index contributed by atoms with van der Waals surface area (Å²) in [5.41, 5.74) is 6.44.